The number of pyridine rings is 1. The zero-order chi connectivity index (χ0) is 33.0. The average molecular weight is 629 g/mol. The molecule has 0 bridgehead atoms. The second-order valence-corrected chi connectivity index (χ2v) is 12.0. The van der Waals surface area contributed by atoms with Gasteiger partial charge in [-0.15, -0.1) is 0 Å². The van der Waals surface area contributed by atoms with Crippen molar-refractivity contribution in [1.82, 2.24) is 24.7 Å². The Morgan fingerprint density at radius 3 is 2.43 bits per heavy atom. The second-order valence-electron chi connectivity index (χ2n) is 12.0. The molecule has 0 saturated carbocycles. The normalized spacial score (nSPS) is 11.3. The molecule has 6 aromatic rings. The van der Waals surface area contributed by atoms with Crippen molar-refractivity contribution in [2.45, 2.75) is 39.7 Å². The van der Waals surface area contributed by atoms with Gasteiger partial charge in [0.15, 0.2) is 0 Å². The minimum Gasteiger partial charge on any atom is -0.496 e. The molecule has 47 heavy (non-hydrogen) atoms. The summed E-state index contributed by atoms with van der Waals surface area (Å²) >= 11 is 0. The summed E-state index contributed by atoms with van der Waals surface area (Å²) in [6, 6.07) is 22.6. The zero-order valence-electron chi connectivity index (χ0n) is 26.9. The first-order valence-corrected chi connectivity index (χ1v) is 15.1. The van der Waals surface area contributed by atoms with Gasteiger partial charge in [-0.1, -0.05) is 51.1 Å². The number of rotatable bonds is 9. The maximum absolute atomic E-state index is 13.5. The van der Waals surface area contributed by atoms with Gasteiger partial charge in [0, 0.05) is 46.9 Å². The van der Waals surface area contributed by atoms with Crippen LogP contribution in [0, 0.1) is 6.92 Å². The predicted molar refractivity (Wildman–Crippen MR) is 184 cm³/mol. The molecule has 238 valence electrons. The highest BCUT2D eigenvalue weighted by atomic mass is 16.5. The molecule has 0 atom stereocenters. The molecule has 0 aliphatic heterocycles. The van der Waals surface area contributed by atoms with Gasteiger partial charge in [0.1, 0.15) is 35.6 Å². The summed E-state index contributed by atoms with van der Waals surface area (Å²) in [6.07, 6.45) is 6.57. The molecule has 6 rings (SSSR count). The van der Waals surface area contributed by atoms with Crippen molar-refractivity contribution in [3.8, 4) is 17.2 Å². The van der Waals surface area contributed by atoms with E-state index < -0.39 is 6.03 Å². The van der Waals surface area contributed by atoms with Gasteiger partial charge in [-0.05, 0) is 48.4 Å². The van der Waals surface area contributed by atoms with Crippen molar-refractivity contribution >= 4 is 39.9 Å². The topological polar surface area (TPSA) is 128 Å². The lowest BCUT2D eigenvalue weighted by molar-refractivity contribution is 0.262. The Hall–Kier alpha value is -5.97. The zero-order valence-corrected chi connectivity index (χ0v) is 26.9. The number of carbonyl (C=O) groups excluding carboxylic acids is 1. The van der Waals surface area contributed by atoms with E-state index in [2.05, 4.69) is 51.7 Å². The van der Waals surface area contributed by atoms with Crippen LogP contribution in [0.4, 0.5) is 27.9 Å². The van der Waals surface area contributed by atoms with E-state index in [1.807, 2.05) is 79.7 Å². The standard InChI is InChI=1S/C36H36N8O3/c1-23-10-11-25(19-30(23)46-5)44-34(20-31(43-44)36(2,3)4)42-35(45)40-28-12-13-29(27-9-7-6-8-26(27)28)47-22-24-14-15-38-32(18-24)41-33-21-37-16-17-39-33/h6-21H,22H2,1-5H3,(H,38,39,41)(H2,40,42,45). The summed E-state index contributed by atoms with van der Waals surface area (Å²) < 4.78 is 13.5. The Kier molecular flexibility index (Phi) is 8.70. The number of benzene rings is 3. The molecule has 2 amide bonds. The van der Waals surface area contributed by atoms with Crippen molar-refractivity contribution in [2.24, 2.45) is 0 Å². The highest BCUT2D eigenvalue weighted by Gasteiger charge is 2.22. The van der Waals surface area contributed by atoms with Crippen LogP contribution in [0.5, 0.6) is 11.5 Å². The fraction of sp³-hybridized carbons (Fsp3) is 0.194. The van der Waals surface area contributed by atoms with Gasteiger partial charge in [0.2, 0.25) is 0 Å². The number of aromatic nitrogens is 5. The summed E-state index contributed by atoms with van der Waals surface area (Å²) in [5, 5.41) is 15.7. The van der Waals surface area contributed by atoms with Crippen molar-refractivity contribution in [1.29, 1.82) is 0 Å². The number of anilines is 4. The van der Waals surface area contributed by atoms with Crippen LogP contribution in [0.25, 0.3) is 16.5 Å². The summed E-state index contributed by atoms with van der Waals surface area (Å²) in [4.78, 5) is 26.1. The molecule has 0 fully saturated rings. The van der Waals surface area contributed by atoms with Gasteiger partial charge in [0.25, 0.3) is 0 Å². The lowest BCUT2D eigenvalue weighted by Gasteiger charge is -2.15. The van der Waals surface area contributed by atoms with Crippen LogP contribution in [-0.2, 0) is 12.0 Å². The van der Waals surface area contributed by atoms with Crippen LogP contribution in [0.3, 0.4) is 0 Å². The number of fused-ring (bicyclic) bond motifs is 1. The Morgan fingerprint density at radius 1 is 0.851 bits per heavy atom. The van der Waals surface area contributed by atoms with Gasteiger partial charge in [-0.3, -0.25) is 10.3 Å². The van der Waals surface area contributed by atoms with Crippen LogP contribution >= 0.6 is 0 Å². The smallest absolute Gasteiger partial charge is 0.324 e. The van der Waals surface area contributed by atoms with Gasteiger partial charge in [0.05, 0.1) is 30.4 Å². The maximum Gasteiger partial charge on any atom is 0.324 e. The van der Waals surface area contributed by atoms with E-state index in [1.54, 1.807) is 36.6 Å². The Balaban J connectivity index is 1.20. The molecule has 0 unspecified atom stereocenters. The van der Waals surface area contributed by atoms with E-state index in [0.29, 0.717) is 35.5 Å². The van der Waals surface area contributed by atoms with Gasteiger partial charge in [-0.25, -0.2) is 19.4 Å². The van der Waals surface area contributed by atoms with Gasteiger partial charge >= 0.3 is 6.03 Å². The van der Waals surface area contributed by atoms with Crippen LogP contribution in [0.15, 0.2) is 97.6 Å². The number of aryl methyl sites for hydroxylation is 1. The third-order valence-electron chi connectivity index (χ3n) is 7.53. The van der Waals surface area contributed by atoms with Gasteiger partial charge in [-0.2, -0.15) is 5.10 Å². The van der Waals surface area contributed by atoms with E-state index in [1.165, 1.54) is 0 Å². The highest BCUT2D eigenvalue weighted by Crippen LogP contribution is 2.33. The van der Waals surface area contributed by atoms with E-state index in [-0.39, 0.29) is 5.41 Å². The number of hydrogen-bond donors (Lipinski definition) is 3. The number of nitrogens with one attached hydrogen (secondary N) is 3. The first-order valence-electron chi connectivity index (χ1n) is 15.1. The monoisotopic (exact) mass is 628 g/mol. The third-order valence-corrected chi connectivity index (χ3v) is 7.53. The van der Waals surface area contributed by atoms with E-state index >= 15 is 0 Å². The number of ether oxygens (including phenoxy) is 2. The van der Waals surface area contributed by atoms with Crippen LogP contribution in [-0.4, -0.2) is 37.9 Å². The minimum atomic E-state index is -0.399. The Bertz CT molecular complexity index is 2040. The lowest BCUT2D eigenvalue weighted by atomic mass is 9.92. The number of amides is 2. The molecule has 0 spiro atoms. The number of urea groups is 1. The van der Waals surface area contributed by atoms with Crippen LogP contribution < -0.4 is 25.4 Å². The fourth-order valence-corrected chi connectivity index (χ4v) is 5.04. The molecule has 0 aliphatic rings. The predicted octanol–water partition coefficient (Wildman–Crippen LogP) is 7.79. The van der Waals surface area contributed by atoms with Crippen molar-refractivity contribution in [3.63, 3.8) is 0 Å². The summed E-state index contributed by atoms with van der Waals surface area (Å²) in [6.45, 7) is 8.55. The third kappa shape index (κ3) is 7.14. The molecule has 0 saturated heterocycles. The van der Waals surface area contributed by atoms with E-state index in [4.69, 9.17) is 14.6 Å². The largest absolute Gasteiger partial charge is 0.496 e. The summed E-state index contributed by atoms with van der Waals surface area (Å²) in [5.74, 6) is 3.20. The van der Waals surface area contributed by atoms with E-state index in [9.17, 15) is 4.79 Å². The molecule has 3 aromatic carbocycles. The molecule has 3 aromatic heterocycles. The Morgan fingerprint density at radius 2 is 1.66 bits per heavy atom. The molecule has 0 aliphatic carbocycles. The number of hydrogen-bond acceptors (Lipinski definition) is 8. The van der Waals surface area contributed by atoms with Crippen molar-refractivity contribution in [3.05, 3.63) is 114 Å². The first-order chi connectivity index (χ1) is 22.7. The number of methoxy groups -OCH3 is 1. The SMILES string of the molecule is COc1cc(-n2nc(C(C)(C)C)cc2NC(=O)Nc2ccc(OCc3ccnc(Nc4cnccn4)c3)c3ccccc23)ccc1C. The quantitative estimate of drug-likeness (QED) is 0.148. The lowest BCUT2D eigenvalue weighted by Crippen LogP contribution is -2.21. The van der Waals surface area contributed by atoms with Crippen LogP contribution in [0.2, 0.25) is 0 Å². The second kappa shape index (κ2) is 13.2. The summed E-state index contributed by atoms with van der Waals surface area (Å²) in [5.41, 5.74) is 3.95. The molecule has 3 heterocycles. The molecule has 3 N–H and O–H groups in total. The number of nitrogens with zero attached hydrogens (tertiary/aromatic N) is 5. The highest BCUT2D eigenvalue weighted by molar-refractivity contribution is 6.07. The number of carbonyl (C=O) groups is 1. The van der Waals surface area contributed by atoms with Crippen molar-refractivity contribution < 1.29 is 14.3 Å². The molecule has 11 heteroatoms. The van der Waals surface area contributed by atoms with Gasteiger partial charge < -0.3 is 20.1 Å². The van der Waals surface area contributed by atoms with Crippen molar-refractivity contribution in [2.75, 3.05) is 23.1 Å². The maximum atomic E-state index is 13.5. The minimum absolute atomic E-state index is 0.232. The summed E-state index contributed by atoms with van der Waals surface area (Å²) in [7, 11) is 1.64. The molecule has 0 radical (unpaired) electrons. The first kappa shape index (κ1) is 31.0. The molecule has 11 nitrogen and oxygen atoms in total. The average Bonchev–Trinajstić information content (AvgIpc) is 3.49. The Labute approximate surface area is 273 Å². The molecular weight excluding hydrogens is 592 g/mol. The fourth-order valence-electron chi connectivity index (χ4n) is 5.04. The van der Waals surface area contributed by atoms with Crippen LogP contribution in [0.1, 0.15) is 37.6 Å². The van der Waals surface area contributed by atoms with E-state index in [0.717, 1.165) is 39.0 Å². The molecular formula is C36H36N8O3.